The number of fused-ring (bicyclic) bond motifs is 4. The Morgan fingerprint density at radius 1 is 1.06 bits per heavy atom. The van der Waals surface area contributed by atoms with Crippen LogP contribution in [0.15, 0.2) is 42.7 Å². The largest absolute Gasteiger partial charge is 0.325 e. The maximum absolute atomic E-state index is 14.1. The molecule has 35 heavy (non-hydrogen) atoms. The number of aromatic nitrogens is 6. The molecule has 0 spiro atoms. The SMILES string of the molecule is Cc1ccc(-n2nccn2)c(C(=O)N2[C@H]3CCC[C@@H]2c2nn(C)c(-c4cc(Cl)cc(Cl)c4)c2C3)n1. The van der Waals surface area contributed by atoms with Gasteiger partial charge in [0.15, 0.2) is 5.69 Å². The van der Waals surface area contributed by atoms with E-state index in [1.165, 1.54) is 4.80 Å². The van der Waals surface area contributed by atoms with Gasteiger partial charge in [-0.3, -0.25) is 9.48 Å². The summed E-state index contributed by atoms with van der Waals surface area (Å²) in [5, 5.41) is 14.5. The first-order valence-corrected chi connectivity index (χ1v) is 12.4. The summed E-state index contributed by atoms with van der Waals surface area (Å²) in [7, 11) is 1.93. The van der Waals surface area contributed by atoms with E-state index in [2.05, 4.69) is 15.2 Å². The highest BCUT2D eigenvalue weighted by Crippen LogP contribution is 2.45. The Morgan fingerprint density at radius 2 is 1.80 bits per heavy atom. The molecular formula is C25H23Cl2N7O. The van der Waals surface area contributed by atoms with E-state index in [0.29, 0.717) is 27.8 Å². The molecule has 2 aliphatic heterocycles. The van der Waals surface area contributed by atoms with Gasteiger partial charge in [0.2, 0.25) is 0 Å². The second-order valence-electron chi connectivity index (χ2n) is 9.15. The van der Waals surface area contributed by atoms with Crippen molar-refractivity contribution in [3.05, 3.63) is 75.4 Å². The third kappa shape index (κ3) is 3.72. The van der Waals surface area contributed by atoms with Crippen LogP contribution in [-0.4, -0.2) is 46.6 Å². The van der Waals surface area contributed by atoms with Gasteiger partial charge in [-0.25, -0.2) is 4.98 Å². The Morgan fingerprint density at radius 3 is 2.54 bits per heavy atom. The number of rotatable bonds is 3. The predicted molar refractivity (Wildman–Crippen MR) is 133 cm³/mol. The average Bonchev–Trinajstić information content (AvgIpc) is 3.45. The Kier molecular flexibility index (Phi) is 5.38. The molecule has 0 radical (unpaired) electrons. The minimum atomic E-state index is -0.125. The highest BCUT2D eigenvalue weighted by atomic mass is 35.5. The van der Waals surface area contributed by atoms with E-state index in [-0.39, 0.29) is 18.0 Å². The summed E-state index contributed by atoms with van der Waals surface area (Å²) in [5.74, 6) is -0.112. The number of hydrogen-bond donors (Lipinski definition) is 0. The van der Waals surface area contributed by atoms with E-state index < -0.39 is 0 Å². The van der Waals surface area contributed by atoms with Crippen LogP contribution in [0.25, 0.3) is 16.9 Å². The maximum atomic E-state index is 14.1. The monoisotopic (exact) mass is 507 g/mol. The van der Waals surface area contributed by atoms with Crippen LogP contribution in [0.3, 0.4) is 0 Å². The van der Waals surface area contributed by atoms with Crippen molar-refractivity contribution in [3.63, 3.8) is 0 Å². The summed E-state index contributed by atoms with van der Waals surface area (Å²) in [5.41, 5.74) is 5.74. The van der Waals surface area contributed by atoms with Gasteiger partial charge in [-0.2, -0.15) is 15.3 Å². The number of halogens is 2. The van der Waals surface area contributed by atoms with Crippen molar-refractivity contribution in [1.29, 1.82) is 0 Å². The molecule has 6 rings (SSSR count). The molecule has 178 valence electrons. The van der Waals surface area contributed by atoms with Crippen LogP contribution >= 0.6 is 23.2 Å². The van der Waals surface area contributed by atoms with Crippen molar-refractivity contribution in [1.82, 2.24) is 34.7 Å². The van der Waals surface area contributed by atoms with Crippen molar-refractivity contribution in [2.45, 2.75) is 44.7 Å². The lowest BCUT2D eigenvalue weighted by molar-refractivity contribution is 0.0385. The summed E-state index contributed by atoms with van der Waals surface area (Å²) < 4.78 is 1.89. The fraction of sp³-hybridized carbons (Fsp3) is 0.320. The Bertz CT molecular complexity index is 1430. The topological polar surface area (TPSA) is 81.7 Å². The van der Waals surface area contributed by atoms with Gasteiger partial charge in [-0.15, -0.1) is 4.80 Å². The number of aryl methyl sites for hydroxylation is 2. The molecule has 1 saturated heterocycles. The number of piperidine rings is 1. The van der Waals surface area contributed by atoms with Crippen LogP contribution in [0.5, 0.6) is 0 Å². The molecule has 0 unspecified atom stereocenters. The van der Waals surface area contributed by atoms with Crippen LogP contribution in [0, 0.1) is 6.92 Å². The molecule has 0 saturated carbocycles. The lowest BCUT2D eigenvalue weighted by Gasteiger charge is -2.45. The van der Waals surface area contributed by atoms with Gasteiger partial charge in [-0.1, -0.05) is 23.2 Å². The Balaban J connectivity index is 1.45. The Hall–Kier alpha value is -3.23. The fourth-order valence-electron chi connectivity index (χ4n) is 5.53. The quantitative estimate of drug-likeness (QED) is 0.390. The zero-order valence-electron chi connectivity index (χ0n) is 19.3. The third-order valence-corrected chi connectivity index (χ3v) is 7.33. The summed E-state index contributed by atoms with van der Waals surface area (Å²) in [6, 6.07) is 9.20. The van der Waals surface area contributed by atoms with Crippen molar-refractivity contribution in [3.8, 4) is 16.9 Å². The van der Waals surface area contributed by atoms with Gasteiger partial charge in [0.1, 0.15) is 5.69 Å². The van der Waals surface area contributed by atoms with E-state index in [0.717, 1.165) is 47.5 Å². The lowest BCUT2D eigenvalue weighted by Crippen LogP contribution is -2.50. The number of hydrogen-bond acceptors (Lipinski definition) is 5. The van der Waals surface area contributed by atoms with Gasteiger partial charge in [0, 0.05) is 40.0 Å². The zero-order chi connectivity index (χ0) is 24.3. The van der Waals surface area contributed by atoms with Gasteiger partial charge < -0.3 is 4.90 Å². The number of pyridine rings is 1. The van der Waals surface area contributed by atoms with Crippen molar-refractivity contribution in [2.75, 3.05) is 0 Å². The molecule has 2 atom stereocenters. The van der Waals surface area contributed by atoms with Crippen LogP contribution < -0.4 is 0 Å². The molecule has 1 aromatic carbocycles. The summed E-state index contributed by atoms with van der Waals surface area (Å²) in [4.78, 5) is 22.1. The molecule has 1 amide bonds. The molecule has 3 aromatic heterocycles. The second-order valence-corrected chi connectivity index (χ2v) is 10.0. The number of nitrogens with zero attached hydrogens (tertiary/aromatic N) is 7. The van der Waals surface area contributed by atoms with E-state index in [4.69, 9.17) is 28.3 Å². The van der Waals surface area contributed by atoms with Gasteiger partial charge in [0.05, 0.1) is 29.8 Å². The number of benzene rings is 1. The van der Waals surface area contributed by atoms with E-state index in [1.54, 1.807) is 18.5 Å². The second kappa shape index (κ2) is 8.46. The summed E-state index contributed by atoms with van der Waals surface area (Å²) >= 11 is 12.6. The highest BCUT2D eigenvalue weighted by molar-refractivity contribution is 6.35. The molecule has 2 aliphatic rings. The van der Waals surface area contributed by atoms with Crippen LogP contribution in [0.1, 0.15) is 52.7 Å². The van der Waals surface area contributed by atoms with Gasteiger partial charge in [-0.05, 0) is 62.9 Å². The average molecular weight is 508 g/mol. The molecule has 1 fully saturated rings. The standard InChI is InChI=1S/C25H23Cl2N7O/c1-14-6-7-21(34-28-8-9-29-34)23(30-14)25(35)33-18-4-3-5-20(33)22-19(13-18)24(32(2)31-22)15-10-16(26)12-17(27)11-15/h6-12,18,20H,3-5,13H2,1-2H3/t18-,20+/m0/s1. The first-order valence-electron chi connectivity index (χ1n) is 11.6. The van der Waals surface area contributed by atoms with Crippen molar-refractivity contribution in [2.24, 2.45) is 7.05 Å². The molecule has 0 aliphatic carbocycles. The van der Waals surface area contributed by atoms with E-state index in [9.17, 15) is 4.79 Å². The summed E-state index contributed by atoms with van der Waals surface area (Å²) in [6.45, 7) is 1.88. The molecule has 0 N–H and O–H groups in total. The molecular weight excluding hydrogens is 485 g/mol. The van der Waals surface area contributed by atoms with Gasteiger partial charge >= 0.3 is 0 Å². The van der Waals surface area contributed by atoms with E-state index >= 15 is 0 Å². The number of amides is 1. The third-order valence-electron chi connectivity index (χ3n) is 6.90. The van der Waals surface area contributed by atoms with Crippen molar-refractivity contribution >= 4 is 29.1 Å². The van der Waals surface area contributed by atoms with Crippen LogP contribution in [-0.2, 0) is 13.5 Å². The molecule has 10 heteroatoms. The molecule has 8 nitrogen and oxygen atoms in total. The van der Waals surface area contributed by atoms with Crippen molar-refractivity contribution < 1.29 is 4.79 Å². The smallest absolute Gasteiger partial charge is 0.275 e. The van der Waals surface area contributed by atoms with Gasteiger partial charge in [0.25, 0.3) is 5.91 Å². The summed E-state index contributed by atoms with van der Waals surface area (Å²) in [6.07, 6.45) is 6.71. The highest BCUT2D eigenvalue weighted by Gasteiger charge is 2.44. The Labute approximate surface area is 212 Å². The normalized spacial score (nSPS) is 19.0. The zero-order valence-corrected chi connectivity index (χ0v) is 20.8. The fourth-order valence-corrected chi connectivity index (χ4v) is 6.06. The lowest BCUT2D eigenvalue weighted by atomic mass is 9.81. The minimum absolute atomic E-state index is 0.0482. The molecule has 5 heterocycles. The molecule has 2 bridgehead atoms. The predicted octanol–water partition coefficient (Wildman–Crippen LogP) is 4.97. The number of carbonyl (C=O) groups is 1. The maximum Gasteiger partial charge on any atom is 0.275 e. The minimum Gasteiger partial charge on any atom is -0.325 e. The first kappa shape index (κ1) is 22.2. The molecule has 4 aromatic rings. The number of carbonyl (C=O) groups excluding carboxylic acids is 1. The van der Waals surface area contributed by atoms with Crippen LogP contribution in [0.2, 0.25) is 10.0 Å². The van der Waals surface area contributed by atoms with Crippen LogP contribution in [0.4, 0.5) is 0 Å². The first-order chi connectivity index (χ1) is 16.9. The van der Waals surface area contributed by atoms with E-state index in [1.807, 2.05) is 47.8 Å².